The SMILES string of the molecule is Cc1cc(Br)cc(C(=O)N2CCCC(CN)C2)c1.Cl. The molecule has 1 atom stereocenters. The molecular formula is C14H20BrClN2O. The Morgan fingerprint density at radius 1 is 1.47 bits per heavy atom. The maximum Gasteiger partial charge on any atom is 0.253 e. The number of nitrogens with zero attached hydrogens (tertiary/aromatic N) is 1. The highest BCUT2D eigenvalue weighted by Crippen LogP contribution is 2.20. The minimum absolute atomic E-state index is 0. The van der Waals surface area contributed by atoms with Crippen molar-refractivity contribution >= 4 is 34.2 Å². The van der Waals surface area contributed by atoms with Crippen LogP contribution in [0.15, 0.2) is 22.7 Å². The van der Waals surface area contributed by atoms with Crippen LogP contribution in [0.2, 0.25) is 0 Å². The highest BCUT2D eigenvalue weighted by atomic mass is 79.9. The van der Waals surface area contributed by atoms with Gasteiger partial charge in [-0.25, -0.2) is 0 Å². The van der Waals surface area contributed by atoms with E-state index in [1.165, 1.54) is 0 Å². The summed E-state index contributed by atoms with van der Waals surface area (Å²) in [6.45, 7) is 4.31. The number of nitrogens with two attached hydrogens (primary N) is 1. The van der Waals surface area contributed by atoms with Crippen LogP contribution in [0.3, 0.4) is 0 Å². The molecule has 0 spiro atoms. The van der Waals surface area contributed by atoms with E-state index in [0.717, 1.165) is 41.5 Å². The molecule has 1 aromatic carbocycles. The van der Waals surface area contributed by atoms with E-state index in [0.29, 0.717) is 12.5 Å². The number of amides is 1. The third-order valence-corrected chi connectivity index (χ3v) is 3.89. The van der Waals surface area contributed by atoms with E-state index in [2.05, 4.69) is 15.9 Å². The van der Waals surface area contributed by atoms with Gasteiger partial charge in [-0.3, -0.25) is 4.79 Å². The molecule has 0 radical (unpaired) electrons. The minimum Gasteiger partial charge on any atom is -0.338 e. The second kappa shape index (κ2) is 7.27. The van der Waals surface area contributed by atoms with Crippen LogP contribution >= 0.6 is 28.3 Å². The molecule has 1 unspecified atom stereocenters. The normalized spacial score (nSPS) is 18.9. The van der Waals surface area contributed by atoms with Gasteiger partial charge in [0.05, 0.1) is 0 Å². The van der Waals surface area contributed by atoms with Gasteiger partial charge in [0, 0.05) is 23.1 Å². The van der Waals surface area contributed by atoms with Crippen LogP contribution in [-0.2, 0) is 0 Å². The van der Waals surface area contributed by atoms with E-state index >= 15 is 0 Å². The Bertz CT molecular complexity index is 433. The van der Waals surface area contributed by atoms with Crippen molar-refractivity contribution in [3.8, 4) is 0 Å². The maximum atomic E-state index is 12.4. The number of carbonyl (C=O) groups excluding carboxylic acids is 1. The average Bonchev–Trinajstić information content (AvgIpc) is 2.37. The van der Waals surface area contributed by atoms with Crippen molar-refractivity contribution in [1.29, 1.82) is 0 Å². The van der Waals surface area contributed by atoms with Gasteiger partial charge >= 0.3 is 0 Å². The third-order valence-electron chi connectivity index (χ3n) is 3.43. The molecule has 5 heteroatoms. The van der Waals surface area contributed by atoms with Gasteiger partial charge in [-0.15, -0.1) is 12.4 Å². The van der Waals surface area contributed by atoms with Gasteiger partial charge in [0.1, 0.15) is 0 Å². The molecule has 1 fully saturated rings. The number of likely N-dealkylation sites (tertiary alicyclic amines) is 1. The molecule has 1 aromatic rings. The fraction of sp³-hybridized carbons (Fsp3) is 0.500. The lowest BCUT2D eigenvalue weighted by Gasteiger charge is -2.32. The first kappa shape index (κ1) is 16.5. The number of piperidine rings is 1. The van der Waals surface area contributed by atoms with E-state index in [1.54, 1.807) is 0 Å². The molecule has 19 heavy (non-hydrogen) atoms. The number of aryl methyl sites for hydroxylation is 1. The summed E-state index contributed by atoms with van der Waals surface area (Å²) < 4.78 is 0.957. The van der Waals surface area contributed by atoms with Crippen molar-refractivity contribution < 1.29 is 4.79 Å². The summed E-state index contributed by atoms with van der Waals surface area (Å²) in [7, 11) is 0. The minimum atomic E-state index is 0. The Morgan fingerprint density at radius 2 is 2.21 bits per heavy atom. The molecule has 1 saturated heterocycles. The van der Waals surface area contributed by atoms with Crippen LogP contribution in [-0.4, -0.2) is 30.4 Å². The summed E-state index contributed by atoms with van der Waals surface area (Å²) in [4.78, 5) is 14.4. The number of benzene rings is 1. The smallest absolute Gasteiger partial charge is 0.253 e. The first-order valence-corrected chi connectivity index (χ1v) is 7.16. The summed E-state index contributed by atoms with van der Waals surface area (Å²) in [5.41, 5.74) is 7.57. The predicted octanol–water partition coefficient (Wildman–Crippen LogP) is 2.99. The Labute approximate surface area is 129 Å². The van der Waals surface area contributed by atoms with Crippen LogP contribution in [0.1, 0.15) is 28.8 Å². The van der Waals surface area contributed by atoms with Crippen molar-refractivity contribution in [3.05, 3.63) is 33.8 Å². The second-order valence-electron chi connectivity index (χ2n) is 5.01. The Kier molecular flexibility index (Phi) is 6.30. The fourth-order valence-electron chi connectivity index (χ4n) is 2.48. The molecule has 1 aliphatic heterocycles. The van der Waals surface area contributed by atoms with Crippen LogP contribution in [0.5, 0.6) is 0 Å². The van der Waals surface area contributed by atoms with Gasteiger partial charge in [-0.05, 0) is 56.0 Å². The largest absolute Gasteiger partial charge is 0.338 e. The van der Waals surface area contributed by atoms with Crippen molar-refractivity contribution in [1.82, 2.24) is 4.90 Å². The van der Waals surface area contributed by atoms with Gasteiger partial charge in [-0.2, -0.15) is 0 Å². The van der Waals surface area contributed by atoms with Crippen LogP contribution in [0.25, 0.3) is 0 Å². The van der Waals surface area contributed by atoms with E-state index in [-0.39, 0.29) is 18.3 Å². The standard InChI is InChI=1S/C14H19BrN2O.ClH/c1-10-5-12(7-13(15)6-10)14(18)17-4-2-3-11(8-16)9-17;/h5-7,11H,2-4,8-9,16H2,1H3;1H. The monoisotopic (exact) mass is 346 g/mol. The van der Waals surface area contributed by atoms with Gasteiger partial charge < -0.3 is 10.6 Å². The van der Waals surface area contributed by atoms with Crippen molar-refractivity contribution in [2.24, 2.45) is 11.7 Å². The lowest BCUT2D eigenvalue weighted by Crippen LogP contribution is -2.42. The molecule has 0 bridgehead atoms. The number of rotatable bonds is 2. The van der Waals surface area contributed by atoms with Crippen molar-refractivity contribution in [3.63, 3.8) is 0 Å². The zero-order valence-corrected chi connectivity index (χ0v) is 13.5. The summed E-state index contributed by atoms with van der Waals surface area (Å²) in [6, 6.07) is 5.84. The quantitative estimate of drug-likeness (QED) is 0.894. The molecular weight excluding hydrogens is 328 g/mol. The van der Waals surface area contributed by atoms with Crippen molar-refractivity contribution in [2.75, 3.05) is 19.6 Å². The topological polar surface area (TPSA) is 46.3 Å². The lowest BCUT2D eigenvalue weighted by molar-refractivity contribution is 0.0678. The zero-order chi connectivity index (χ0) is 13.1. The first-order valence-electron chi connectivity index (χ1n) is 6.36. The molecule has 2 rings (SSSR count). The lowest BCUT2D eigenvalue weighted by atomic mass is 9.97. The maximum absolute atomic E-state index is 12.4. The summed E-state index contributed by atoms with van der Waals surface area (Å²) in [5, 5.41) is 0. The molecule has 1 amide bonds. The second-order valence-corrected chi connectivity index (χ2v) is 5.93. The van der Waals surface area contributed by atoms with Gasteiger partial charge in [0.15, 0.2) is 0 Å². The third kappa shape index (κ3) is 4.20. The van der Waals surface area contributed by atoms with E-state index in [9.17, 15) is 4.79 Å². The zero-order valence-electron chi connectivity index (χ0n) is 11.1. The molecule has 1 heterocycles. The van der Waals surface area contributed by atoms with Gasteiger partial charge in [-0.1, -0.05) is 15.9 Å². The van der Waals surface area contributed by atoms with Crippen molar-refractivity contribution in [2.45, 2.75) is 19.8 Å². The first-order chi connectivity index (χ1) is 8.60. The average molecular weight is 348 g/mol. The van der Waals surface area contributed by atoms with Gasteiger partial charge in [0.25, 0.3) is 5.91 Å². The Balaban J connectivity index is 0.00000180. The fourth-order valence-corrected chi connectivity index (χ4v) is 3.09. The molecule has 2 N–H and O–H groups in total. The van der Waals surface area contributed by atoms with Gasteiger partial charge in [0.2, 0.25) is 0 Å². The molecule has 3 nitrogen and oxygen atoms in total. The number of hydrogen-bond acceptors (Lipinski definition) is 2. The van der Waals surface area contributed by atoms with Crippen LogP contribution in [0.4, 0.5) is 0 Å². The number of carbonyl (C=O) groups is 1. The molecule has 0 aromatic heterocycles. The molecule has 0 saturated carbocycles. The number of hydrogen-bond donors (Lipinski definition) is 1. The Hall–Kier alpha value is -0.580. The van der Waals surface area contributed by atoms with Crippen LogP contribution in [0, 0.1) is 12.8 Å². The summed E-state index contributed by atoms with van der Waals surface area (Å²) in [5.74, 6) is 0.577. The van der Waals surface area contributed by atoms with E-state index in [1.807, 2.05) is 30.0 Å². The highest BCUT2D eigenvalue weighted by molar-refractivity contribution is 9.10. The Morgan fingerprint density at radius 3 is 2.84 bits per heavy atom. The molecule has 1 aliphatic rings. The predicted molar refractivity (Wildman–Crippen MR) is 83.8 cm³/mol. The van der Waals surface area contributed by atoms with E-state index < -0.39 is 0 Å². The summed E-state index contributed by atoms with van der Waals surface area (Å²) >= 11 is 3.44. The molecule has 0 aliphatic carbocycles. The number of halogens is 2. The van der Waals surface area contributed by atoms with Crippen LogP contribution < -0.4 is 5.73 Å². The highest BCUT2D eigenvalue weighted by Gasteiger charge is 2.23. The summed E-state index contributed by atoms with van der Waals surface area (Å²) in [6.07, 6.45) is 2.19. The van der Waals surface area contributed by atoms with E-state index in [4.69, 9.17) is 5.73 Å². The molecule has 106 valence electrons.